The van der Waals surface area contributed by atoms with Crippen molar-refractivity contribution in [2.45, 2.75) is 13.5 Å². The van der Waals surface area contributed by atoms with E-state index in [0.29, 0.717) is 28.5 Å². The number of esters is 1. The summed E-state index contributed by atoms with van der Waals surface area (Å²) in [6.45, 7) is 1.67. The number of oxazole rings is 1. The van der Waals surface area contributed by atoms with Crippen LogP contribution in [0, 0.1) is 6.92 Å². The Labute approximate surface area is 190 Å². The molecule has 0 atom stereocenters. The topological polar surface area (TPSA) is 91.1 Å². The van der Waals surface area contributed by atoms with Crippen LogP contribution in [0.15, 0.2) is 77.2 Å². The lowest BCUT2D eigenvalue weighted by Gasteiger charge is -2.23. The van der Waals surface area contributed by atoms with Gasteiger partial charge in [0.05, 0.1) is 18.4 Å². The van der Waals surface area contributed by atoms with Crippen molar-refractivity contribution in [2.24, 2.45) is 0 Å². The van der Waals surface area contributed by atoms with Gasteiger partial charge in [-0.15, -0.1) is 0 Å². The van der Waals surface area contributed by atoms with Crippen molar-refractivity contribution in [3.05, 3.63) is 89.8 Å². The summed E-state index contributed by atoms with van der Waals surface area (Å²) in [6, 6.07) is 21.2. The molecule has 0 saturated carbocycles. The maximum atomic E-state index is 12.4. The quantitative estimate of drug-likeness (QED) is 0.288. The molecule has 0 unspecified atom stereocenters. The van der Waals surface area contributed by atoms with Crippen LogP contribution in [0.4, 0.5) is 10.5 Å². The molecule has 0 spiro atoms. The van der Waals surface area contributed by atoms with E-state index in [1.165, 1.54) is 12.0 Å². The SMILES string of the molecule is COC(=O)N(COC(=O)c1ccccc1)c1ccc(OCc2nc3ccccc3o2)cc1C. The van der Waals surface area contributed by atoms with Crippen LogP contribution in [0.5, 0.6) is 5.75 Å². The number of anilines is 1. The van der Waals surface area contributed by atoms with Gasteiger partial charge in [-0.25, -0.2) is 19.5 Å². The van der Waals surface area contributed by atoms with E-state index >= 15 is 0 Å². The molecular formula is C25H22N2O6. The highest BCUT2D eigenvalue weighted by atomic mass is 16.6. The summed E-state index contributed by atoms with van der Waals surface area (Å²) in [6.07, 6.45) is -0.654. The number of rotatable bonds is 7. The van der Waals surface area contributed by atoms with Crippen molar-refractivity contribution in [2.75, 3.05) is 18.7 Å². The molecule has 4 rings (SSSR count). The minimum Gasteiger partial charge on any atom is -0.484 e. The second kappa shape index (κ2) is 9.86. The van der Waals surface area contributed by atoms with E-state index in [9.17, 15) is 9.59 Å². The Hall–Kier alpha value is -4.33. The molecule has 0 fully saturated rings. The summed E-state index contributed by atoms with van der Waals surface area (Å²) < 4.78 is 21.7. The van der Waals surface area contributed by atoms with E-state index in [-0.39, 0.29) is 13.3 Å². The van der Waals surface area contributed by atoms with E-state index in [1.807, 2.05) is 31.2 Å². The number of ether oxygens (including phenoxy) is 3. The summed E-state index contributed by atoms with van der Waals surface area (Å²) in [7, 11) is 1.27. The van der Waals surface area contributed by atoms with Gasteiger partial charge in [0.15, 0.2) is 18.9 Å². The monoisotopic (exact) mass is 446 g/mol. The average Bonchev–Trinajstić information content (AvgIpc) is 3.27. The summed E-state index contributed by atoms with van der Waals surface area (Å²) in [5.74, 6) is 0.493. The van der Waals surface area contributed by atoms with Gasteiger partial charge in [0.25, 0.3) is 0 Å². The van der Waals surface area contributed by atoms with Gasteiger partial charge in [0.1, 0.15) is 11.3 Å². The zero-order chi connectivity index (χ0) is 23.2. The fourth-order valence-corrected chi connectivity index (χ4v) is 3.26. The predicted octanol–water partition coefficient (Wildman–Crippen LogP) is 5.10. The molecule has 0 saturated heterocycles. The molecular weight excluding hydrogens is 424 g/mol. The van der Waals surface area contributed by atoms with Gasteiger partial charge in [-0.2, -0.15) is 0 Å². The van der Waals surface area contributed by atoms with Crippen molar-refractivity contribution in [1.82, 2.24) is 4.98 Å². The molecule has 3 aromatic carbocycles. The molecule has 1 heterocycles. The Morgan fingerprint density at radius 1 is 1.00 bits per heavy atom. The normalized spacial score (nSPS) is 10.6. The molecule has 0 aliphatic carbocycles. The lowest BCUT2D eigenvalue weighted by molar-refractivity contribution is 0.0503. The number of nitrogens with zero attached hydrogens (tertiary/aromatic N) is 2. The van der Waals surface area contributed by atoms with Crippen LogP contribution in [0.3, 0.4) is 0 Å². The molecule has 8 nitrogen and oxygen atoms in total. The average molecular weight is 446 g/mol. The zero-order valence-electron chi connectivity index (χ0n) is 18.2. The number of amides is 1. The van der Waals surface area contributed by atoms with Gasteiger partial charge in [-0.05, 0) is 55.0 Å². The number of methoxy groups -OCH3 is 1. The van der Waals surface area contributed by atoms with Gasteiger partial charge >= 0.3 is 12.1 Å². The number of benzene rings is 3. The Morgan fingerprint density at radius 2 is 1.76 bits per heavy atom. The van der Waals surface area contributed by atoms with Gasteiger partial charge < -0.3 is 18.6 Å². The van der Waals surface area contributed by atoms with Crippen LogP contribution in [0.25, 0.3) is 11.1 Å². The third-order valence-electron chi connectivity index (χ3n) is 4.89. The van der Waals surface area contributed by atoms with E-state index < -0.39 is 12.1 Å². The summed E-state index contributed by atoms with van der Waals surface area (Å²) >= 11 is 0. The number of aromatic nitrogens is 1. The minimum absolute atomic E-state index is 0.156. The molecule has 168 valence electrons. The van der Waals surface area contributed by atoms with Crippen molar-refractivity contribution >= 4 is 28.8 Å². The number of hydrogen-bond acceptors (Lipinski definition) is 7. The maximum absolute atomic E-state index is 12.4. The molecule has 0 radical (unpaired) electrons. The first kappa shape index (κ1) is 21.9. The highest BCUT2D eigenvalue weighted by Crippen LogP contribution is 2.26. The van der Waals surface area contributed by atoms with Crippen molar-refractivity contribution in [3.8, 4) is 5.75 Å². The Kier molecular flexibility index (Phi) is 6.54. The lowest BCUT2D eigenvalue weighted by Crippen LogP contribution is -2.34. The largest absolute Gasteiger partial charge is 0.484 e. The number of para-hydroxylation sites is 2. The van der Waals surface area contributed by atoms with E-state index in [1.54, 1.807) is 48.5 Å². The molecule has 0 N–H and O–H groups in total. The highest BCUT2D eigenvalue weighted by molar-refractivity contribution is 5.91. The van der Waals surface area contributed by atoms with E-state index in [2.05, 4.69) is 4.98 Å². The molecule has 0 aliphatic heterocycles. The smallest absolute Gasteiger partial charge is 0.416 e. The van der Waals surface area contributed by atoms with Crippen LogP contribution < -0.4 is 9.64 Å². The lowest BCUT2D eigenvalue weighted by atomic mass is 10.2. The summed E-state index contributed by atoms with van der Waals surface area (Å²) in [4.78, 5) is 30.3. The number of carbonyl (C=O) groups excluding carboxylic acids is 2. The van der Waals surface area contributed by atoms with E-state index in [0.717, 1.165) is 11.1 Å². The first-order valence-electron chi connectivity index (χ1n) is 10.2. The van der Waals surface area contributed by atoms with Gasteiger partial charge in [-0.1, -0.05) is 30.3 Å². The Bertz CT molecular complexity index is 1240. The molecule has 1 amide bonds. The molecule has 33 heavy (non-hydrogen) atoms. The standard InChI is InChI=1S/C25H22N2O6/c1-17-14-19(31-15-23-26-20-10-6-7-11-22(20)33-23)12-13-21(17)27(25(29)30-2)16-32-24(28)18-8-4-3-5-9-18/h3-14H,15-16H2,1-2H3. The Morgan fingerprint density at radius 3 is 2.48 bits per heavy atom. The van der Waals surface area contributed by atoms with Crippen molar-refractivity contribution in [1.29, 1.82) is 0 Å². The van der Waals surface area contributed by atoms with Crippen LogP contribution in [-0.2, 0) is 16.1 Å². The molecule has 1 aromatic heterocycles. The zero-order valence-corrected chi connectivity index (χ0v) is 18.2. The first-order chi connectivity index (χ1) is 16.0. The van der Waals surface area contributed by atoms with E-state index in [4.69, 9.17) is 18.6 Å². The molecule has 0 bridgehead atoms. The van der Waals surface area contributed by atoms with Crippen molar-refractivity contribution < 1.29 is 28.2 Å². The second-order valence-electron chi connectivity index (χ2n) is 7.14. The van der Waals surface area contributed by atoms with Gasteiger partial charge in [0.2, 0.25) is 5.89 Å². The number of aryl methyl sites for hydroxylation is 1. The number of fused-ring (bicyclic) bond motifs is 1. The first-order valence-corrected chi connectivity index (χ1v) is 10.2. The third-order valence-corrected chi connectivity index (χ3v) is 4.89. The third kappa shape index (κ3) is 5.12. The van der Waals surface area contributed by atoms with Crippen molar-refractivity contribution in [3.63, 3.8) is 0 Å². The minimum atomic E-state index is -0.654. The predicted molar refractivity (Wildman–Crippen MR) is 121 cm³/mol. The summed E-state index contributed by atoms with van der Waals surface area (Å²) in [5.41, 5.74) is 3.10. The van der Waals surface area contributed by atoms with Crippen LogP contribution in [0.2, 0.25) is 0 Å². The molecule has 0 aliphatic rings. The number of hydrogen-bond donors (Lipinski definition) is 0. The van der Waals surface area contributed by atoms with Crippen LogP contribution in [-0.4, -0.2) is 30.9 Å². The highest BCUT2D eigenvalue weighted by Gasteiger charge is 2.21. The fourth-order valence-electron chi connectivity index (χ4n) is 3.26. The van der Waals surface area contributed by atoms with Crippen LogP contribution >= 0.6 is 0 Å². The van der Waals surface area contributed by atoms with Crippen LogP contribution in [0.1, 0.15) is 21.8 Å². The summed E-state index contributed by atoms with van der Waals surface area (Å²) in [5, 5.41) is 0. The number of carbonyl (C=O) groups is 2. The van der Waals surface area contributed by atoms with Gasteiger partial charge in [0, 0.05) is 0 Å². The maximum Gasteiger partial charge on any atom is 0.416 e. The molecule has 8 heteroatoms. The Balaban J connectivity index is 1.45. The van der Waals surface area contributed by atoms with Gasteiger partial charge in [-0.3, -0.25) is 0 Å². The second-order valence-corrected chi connectivity index (χ2v) is 7.14. The fraction of sp³-hybridized carbons (Fsp3) is 0.160. The molecule has 4 aromatic rings.